The molecule has 0 radical (unpaired) electrons. The maximum Gasteiger partial charge on any atom is 0.188 e. The number of ether oxygens (including phenoxy) is 1. The molecule has 0 aromatic heterocycles. The standard InChI is InChI=1S/C18H25N3O/c19-17(20-11-7-13-5-2-1-3-6-13)21-15-14-8-12-22-16(14)18(15)9-4-10-18/h1-3,5-6,14-16H,4,7-12H2,(H3,19,20,21). The second-order valence-corrected chi connectivity index (χ2v) is 6.96. The van der Waals surface area contributed by atoms with E-state index >= 15 is 0 Å². The van der Waals surface area contributed by atoms with Gasteiger partial charge in [0, 0.05) is 30.5 Å². The van der Waals surface area contributed by atoms with Crippen molar-refractivity contribution in [3.05, 3.63) is 35.9 Å². The van der Waals surface area contributed by atoms with Crippen LogP contribution in [0, 0.1) is 11.3 Å². The van der Waals surface area contributed by atoms with Gasteiger partial charge in [0.1, 0.15) is 0 Å². The molecule has 3 unspecified atom stereocenters. The molecule has 1 heterocycles. The number of aliphatic imine (C=N–C) groups is 1. The van der Waals surface area contributed by atoms with E-state index in [0.717, 1.165) is 19.6 Å². The number of hydrogen-bond acceptors (Lipinski definition) is 2. The monoisotopic (exact) mass is 299 g/mol. The number of nitrogens with zero attached hydrogens (tertiary/aromatic N) is 1. The van der Waals surface area contributed by atoms with E-state index in [4.69, 9.17) is 10.5 Å². The van der Waals surface area contributed by atoms with Crippen LogP contribution in [-0.4, -0.2) is 31.3 Å². The Bertz CT molecular complexity index is 553. The highest BCUT2D eigenvalue weighted by atomic mass is 16.5. The van der Waals surface area contributed by atoms with Gasteiger partial charge in [0.15, 0.2) is 5.96 Å². The fraction of sp³-hybridized carbons (Fsp3) is 0.611. The maximum atomic E-state index is 6.13. The number of guanidine groups is 1. The Balaban J connectivity index is 1.33. The highest BCUT2D eigenvalue weighted by Crippen LogP contribution is 2.62. The molecule has 1 saturated heterocycles. The molecule has 118 valence electrons. The van der Waals surface area contributed by atoms with Gasteiger partial charge in [-0.1, -0.05) is 36.8 Å². The molecule has 2 aliphatic carbocycles. The molecule has 3 fully saturated rings. The highest BCUT2D eigenvalue weighted by molar-refractivity contribution is 5.78. The molecule has 3 atom stereocenters. The zero-order chi connectivity index (χ0) is 15.0. The summed E-state index contributed by atoms with van der Waals surface area (Å²) in [7, 11) is 0. The zero-order valence-electron chi connectivity index (χ0n) is 13.0. The zero-order valence-corrected chi connectivity index (χ0v) is 13.0. The van der Waals surface area contributed by atoms with E-state index in [1.807, 2.05) is 6.07 Å². The van der Waals surface area contributed by atoms with Gasteiger partial charge in [-0.3, -0.25) is 4.99 Å². The van der Waals surface area contributed by atoms with E-state index in [0.29, 0.717) is 29.4 Å². The number of nitrogens with two attached hydrogens (primary N) is 1. The van der Waals surface area contributed by atoms with E-state index in [-0.39, 0.29) is 0 Å². The lowest BCUT2D eigenvalue weighted by atomic mass is 9.46. The minimum Gasteiger partial charge on any atom is -0.377 e. The Hall–Kier alpha value is -1.55. The van der Waals surface area contributed by atoms with Crippen LogP contribution in [0.2, 0.25) is 0 Å². The van der Waals surface area contributed by atoms with Crippen LogP contribution in [0.5, 0.6) is 0 Å². The van der Waals surface area contributed by atoms with Crippen LogP contribution in [-0.2, 0) is 11.2 Å². The van der Waals surface area contributed by atoms with Crippen molar-refractivity contribution in [2.75, 3.05) is 13.2 Å². The first kappa shape index (κ1) is 14.1. The normalized spacial score (nSPS) is 32.2. The lowest BCUT2D eigenvalue weighted by molar-refractivity contribution is -0.171. The smallest absolute Gasteiger partial charge is 0.188 e. The van der Waals surface area contributed by atoms with Crippen molar-refractivity contribution in [2.45, 2.75) is 44.2 Å². The Labute approximate surface area is 132 Å². The van der Waals surface area contributed by atoms with Crippen LogP contribution in [0.3, 0.4) is 0 Å². The third-order valence-corrected chi connectivity index (χ3v) is 5.86. The van der Waals surface area contributed by atoms with Gasteiger partial charge in [0.05, 0.1) is 6.10 Å². The van der Waals surface area contributed by atoms with Gasteiger partial charge in [0.2, 0.25) is 0 Å². The first-order valence-electron chi connectivity index (χ1n) is 8.52. The van der Waals surface area contributed by atoms with E-state index in [1.54, 1.807) is 0 Å². The van der Waals surface area contributed by atoms with Gasteiger partial charge in [-0.05, 0) is 31.2 Å². The molecule has 1 aromatic carbocycles. The molecule has 0 bridgehead atoms. The number of benzene rings is 1. The van der Waals surface area contributed by atoms with Crippen molar-refractivity contribution >= 4 is 5.96 Å². The minimum absolute atomic E-state index is 0.362. The van der Waals surface area contributed by atoms with Gasteiger partial charge in [-0.15, -0.1) is 0 Å². The lowest BCUT2D eigenvalue weighted by Crippen LogP contribution is -2.72. The van der Waals surface area contributed by atoms with Gasteiger partial charge >= 0.3 is 0 Å². The molecule has 3 aliphatic rings. The Morgan fingerprint density at radius 2 is 2.14 bits per heavy atom. The van der Waals surface area contributed by atoms with Crippen molar-refractivity contribution < 1.29 is 4.74 Å². The number of rotatable bonds is 4. The maximum absolute atomic E-state index is 6.13. The summed E-state index contributed by atoms with van der Waals surface area (Å²) in [5.74, 6) is 1.25. The highest BCUT2D eigenvalue weighted by Gasteiger charge is 2.66. The van der Waals surface area contributed by atoms with Gasteiger partial charge in [0.25, 0.3) is 0 Å². The molecule has 4 heteroatoms. The molecule has 4 rings (SSSR count). The summed E-state index contributed by atoms with van der Waals surface area (Å²) < 4.78 is 5.94. The third-order valence-electron chi connectivity index (χ3n) is 5.86. The molecule has 0 amide bonds. The Morgan fingerprint density at radius 3 is 2.86 bits per heavy atom. The second kappa shape index (κ2) is 5.58. The minimum atomic E-state index is 0.362. The van der Waals surface area contributed by atoms with Crippen molar-refractivity contribution in [3.63, 3.8) is 0 Å². The van der Waals surface area contributed by atoms with Gasteiger partial charge in [-0.25, -0.2) is 0 Å². The van der Waals surface area contributed by atoms with Crippen LogP contribution in [0.15, 0.2) is 35.3 Å². The van der Waals surface area contributed by atoms with Crippen LogP contribution in [0.4, 0.5) is 0 Å². The van der Waals surface area contributed by atoms with Crippen molar-refractivity contribution in [1.82, 2.24) is 5.32 Å². The summed E-state index contributed by atoms with van der Waals surface area (Å²) in [6.07, 6.45) is 6.48. The van der Waals surface area contributed by atoms with Crippen LogP contribution < -0.4 is 11.1 Å². The summed E-state index contributed by atoms with van der Waals surface area (Å²) in [5.41, 5.74) is 7.80. The SMILES string of the molecule is NC(=NCCc1ccccc1)NC1C2CCOC2C12CCC2. The summed E-state index contributed by atoms with van der Waals surface area (Å²) >= 11 is 0. The van der Waals surface area contributed by atoms with Crippen LogP contribution in [0.1, 0.15) is 31.2 Å². The number of fused-ring (bicyclic) bond motifs is 2. The van der Waals surface area contributed by atoms with Crippen molar-refractivity contribution in [3.8, 4) is 0 Å². The molecular formula is C18H25N3O. The van der Waals surface area contributed by atoms with E-state index < -0.39 is 0 Å². The number of nitrogens with one attached hydrogen (secondary N) is 1. The second-order valence-electron chi connectivity index (χ2n) is 6.96. The van der Waals surface area contributed by atoms with Gasteiger partial charge in [-0.2, -0.15) is 0 Å². The average Bonchev–Trinajstić information content (AvgIpc) is 2.90. The fourth-order valence-electron chi connectivity index (χ4n) is 4.61. The van der Waals surface area contributed by atoms with Gasteiger partial charge < -0.3 is 15.8 Å². The molecule has 3 N–H and O–H groups in total. The lowest BCUT2D eigenvalue weighted by Gasteiger charge is -2.63. The first-order chi connectivity index (χ1) is 10.8. The van der Waals surface area contributed by atoms with Crippen LogP contribution >= 0.6 is 0 Å². The molecule has 1 spiro atoms. The number of hydrogen-bond donors (Lipinski definition) is 2. The average molecular weight is 299 g/mol. The fourth-order valence-corrected chi connectivity index (χ4v) is 4.61. The van der Waals surface area contributed by atoms with Crippen LogP contribution in [0.25, 0.3) is 0 Å². The molecule has 1 aliphatic heterocycles. The third kappa shape index (κ3) is 2.21. The first-order valence-corrected chi connectivity index (χ1v) is 8.52. The molecule has 4 nitrogen and oxygen atoms in total. The van der Waals surface area contributed by atoms with E-state index in [9.17, 15) is 0 Å². The summed E-state index contributed by atoms with van der Waals surface area (Å²) in [4.78, 5) is 4.52. The predicted octanol–water partition coefficient (Wildman–Crippen LogP) is 2.09. The topological polar surface area (TPSA) is 59.6 Å². The quantitative estimate of drug-likeness (QED) is 0.661. The predicted molar refractivity (Wildman–Crippen MR) is 87.7 cm³/mol. The molecule has 22 heavy (non-hydrogen) atoms. The Morgan fingerprint density at radius 1 is 1.32 bits per heavy atom. The Kier molecular flexibility index (Phi) is 3.57. The van der Waals surface area contributed by atoms with Crippen molar-refractivity contribution in [2.24, 2.45) is 22.1 Å². The summed E-state index contributed by atoms with van der Waals surface area (Å²) in [6.45, 7) is 1.66. The summed E-state index contributed by atoms with van der Waals surface area (Å²) in [6, 6.07) is 10.9. The molecular weight excluding hydrogens is 274 g/mol. The van der Waals surface area contributed by atoms with E-state index in [2.05, 4.69) is 34.6 Å². The molecule has 2 saturated carbocycles. The molecule has 1 aromatic rings. The van der Waals surface area contributed by atoms with E-state index in [1.165, 1.54) is 31.2 Å². The van der Waals surface area contributed by atoms with Crippen molar-refractivity contribution in [1.29, 1.82) is 0 Å². The summed E-state index contributed by atoms with van der Waals surface area (Å²) in [5, 5.41) is 3.51. The largest absolute Gasteiger partial charge is 0.377 e.